The number of nitrogens with two attached hydrogens (primary N) is 1. The van der Waals surface area contributed by atoms with E-state index in [0.29, 0.717) is 12.6 Å². The third kappa shape index (κ3) is 3.01. The topological polar surface area (TPSA) is 55.0 Å². The zero-order valence-electron chi connectivity index (χ0n) is 11.7. The van der Waals surface area contributed by atoms with Gasteiger partial charge in [0, 0.05) is 30.7 Å². The van der Waals surface area contributed by atoms with Gasteiger partial charge in [0.25, 0.3) is 0 Å². The molecule has 4 heteroatoms. The SMILES string of the molecule is CCC(CC)N(CCN)c1ncc2ccccc2n1. The summed E-state index contributed by atoms with van der Waals surface area (Å²) >= 11 is 0. The molecule has 0 radical (unpaired) electrons. The van der Waals surface area contributed by atoms with Gasteiger partial charge in [0.15, 0.2) is 0 Å². The van der Waals surface area contributed by atoms with Crippen LogP contribution in [0.15, 0.2) is 30.5 Å². The van der Waals surface area contributed by atoms with E-state index in [-0.39, 0.29) is 0 Å². The Bertz CT molecular complexity index is 522. The molecule has 0 aliphatic rings. The average Bonchev–Trinajstić information content (AvgIpc) is 2.47. The molecule has 2 aromatic rings. The molecule has 0 aliphatic carbocycles. The Hall–Kier alpha value is -1.68. The molecule has 0 unspecified atom stereocenters. The predicted octanol–water partition coefficient (Wildman–Crippen LogP) is 2.58. The van der Waals surface area contributed by atoms with Gasteiger partial charge in [0.05, 0.1) is 5.52 Å². The summed E-state index contributed by atoms with van der Waals surface area (Å²) in [4.78, 5) is 11.4. The van der Waals surface area contributed by atoms with E-state index in [9.17, 15) is 0 Å². The van der Waals surface area contributed by atoms with E-state index in [4.69, 9.17) is 5.73 Å². The van der Waals surface area contributed by atoms with Crippen LogP contribution < -0.4 is 10.6 Å². The van der Waals surface area contributed by atoms with Crippen molar-refractivity contribution in [2.45, 2.75) is 32.7 Å². The number of aromatic nitrogens is 2. The molecule has 0 amide bonds. The highest BCUT2D eigenvalue weighted by Gasteiger charge is 2.17. The Labute approximate surface area is 114 Å². The number of hydrogen-bond acceptors (Lipinski definition) is 4. The van der Waals surface area contributed by atoms with Crippen LogP contribution in [0.25, 0.3) is 10.9 Å². The Morgan fingerprint density at radius 3 is 2.63 bits per heavy atom. The first-order valence-electron chi connectivity index (χ1n) is 6.98. The maximum Gasteiger partial charge on any atom is 0.226 e. The van der Waals surface area contributed by atoms with Gasteiger partial charge in [0.2, 0.25) is 5.95 Å². The number of rotatable bonds is 6. The van der Waals surface area contributed by atoms with Gasteiger partial charge in [-0.15, -0.1) is 0 Å². The molecule has 19 heavy (non-hydrogen) atoms. The van der Waals surface area contributed by atoms with Crippen LogP contribution in [-0.4, -0.2) is 29.1 Å². The third-order valence-corrected chi connectivity index (χ3v) is 3.49. The molecule has 1 aromatic carbocycles. The molecule has 0 atom stereocenters. The van der Waals surface area contributed by atoms with Gasteiger partial charge >= 0.3 is 0 Å². The van der Waals surface area contributed by atoms with E-state index >= 15 is 0 Å². The van der Waals surface area contributed by atoms with Gasteiger partial charge < -0.3 is 10.6 Å². The Morgan fingerprint density at radius 2 is 1.95 bits per heavy atom. The quantitative estimate of drug-likeness (QED) is 0.865. The van der Waals surface area contributed by atoms with Crippen LogP contribution in [0.3, 0.4) is 0 Å². The van der Waals surface area contributed by atoms with Crippen molar-refractivity contribution in [3.8, 4) is 0 Å². The Kier molecular flexibility index (Phi) is 4.68. The fraction of sp³-hybridized carbons (Fsp3) is 0.467. The predicted molar refractivity (Wildman–Crippen MR) is 80.3 cm³/mol. The molecule has 4 nitrogen and oxygen atoms in total. The second-order valence-corrected chi connectivity index (χ2v) is 4.68. The normalized spacial score (nSPS) is 11.2. The van der Waals surface area contributed by atoms with Crippen molar-refractivity contribution < 1.29 is 0 Å². The van der Waals surface area contributed by atoms with Crippen molar-refractivity contribution in [2.75, 3.05) is 18.0 Å². The van der Waals surface area contributed by atoms with E-state index in [2.05, 4.69) is 28.7 Å². The number of benzene rings is 1. The summed E-state index contributed by atoms with van der Waals surface area (Å²) in [6.07, 6.45) is 4.04. The number of anilines is 1. The molecule has 0 aliphatic heterocycles. The van der Waals surface area contributed by atoms with Crippen molar-refractivity contribution in [3.05, 3.63) is 30.5 Å². The largest absolute Gasteiger partial charge is 0.337 e. The second kappa shape index (κ2) is 6.48. The van der Waals surface area contributed by atoms with E-state index in [1.165, 1.54) is 0 Å². The monoisotopic (exact) mass is 258 g/mol. The van der Waals surface area contributed by atoms with E-state index < -0.39 is 0 Å². The minimum Gasteiger partial charge on any atom is -0.337 e. The fourth-order valence-electron chi connectivity index (χ4n) is 2.42. The molecule has 0 spiro atoms. The minimum atomic E-state index is 0.449. The molecule has 0 bridgehead atoms. The number of nitrogens with zero attached hydrogens (tertiary/aromatic N) is 3. The van der Waals surface area contributed by atoms with Gasteiger partial charge in [-0.3, -0.25) is 0 Å². The van der Waals surface area contributed by atoms with Gasteiger partial charge in [-0.25, -0.2) is 9.97 Å². The maximum atomic E-state index is 5.73. The summed E-state index contributed by atoms with van der Waals surface area (Å²) in [6.45, 7) is 5.80. The maximum absolute atomic E-state index is 5.73. The molecular formula is C15H22N4. The molecule has 1 heterocycles. The van der Waals surface area contributed by atoms with Crippen molar-refractivity contribution in [3.63, 3.8) is 0 Å². The zero-order valence-corrected chi connectivity index (χ0v) is 11.7. The summed E-state index contributed by atoms with van der Waals surface area (Å²) in [5.41, 5.74) is 6.72. The van der Waals surface area contributed by atoms with Crippen LogP contribution in [0.1, 0.15) is 26.7 Å². The molecular weight excluding hydrogens is 236 g/mol. The highest BCUT2D eigenvalue weighted by molar-refractivity contribution is 5.78. The summed E-state index contributed by atoms with van der Waals surface area (Å²) < 4.78 is 0. The molecule has 102 valence electrons. The van der Waals surface area contributed by atoms with Gasteiger partial charge in [-0.05, 0) is 18.9 Å². The lowest BCUT2D eigenvalue weighted by Crippen LogP contribution is -2.39. The van der Waals surface area contributed by atoms with Crippen LogP contribution in [0.5, 0.6) is 0 Å². The molecule has 1 aromatic heterocycles. The van der Waals surface area contributed by atoms with Crippen LogP contribution in [0, 0.1) is 0 Å². The lowest BCUT2D eigenvalue weighted by Gasteiger charge is -2.30. The first-order chi connectivity index (χ1) is 9.30. The summed E-state index contributed by atoms with van der Waals surface area (Å²) in [5.74, 6) is 0.790. The van der Waals surface area contributed by atoms with Gasteiger partial charge in [-0.2, -0.15) is 0 Å². The third-order valence-electron chi connectivity index (χ3n) is 3.49. The molecule has 0 fully saturated rings. The molecule has 0 saturated carbocycles. The molecule has 2 rings (SSSR count). The first-order valence-corrected chi connectivity index (χ1v) is 6.98. The van der Waals surface area contributed by atoms with Crippen LogP contribution in [0.2, 0.25) is 0 Å². The minimum absolute atomic E-state index is 0.449. The lowest BCUT2D eigenvalue weighted by atomic mass is 10.1. The second-order valence-electron chi connectivity index (χ2n) is 4.68. The Balaban J connectivity index is 2.37. The van der Waals surface area contributed by atoms with E-state index in [0.717, 1.165) is 36.2 Å². The highest BCUT2D eigenvalue weighted by atomic mass is 15.3. The standard InChI is InChI=1S/C15H22N4/c1-3-13(4-2)19(10-9-16)15-17-11-12-7-5-6-8-14(12)18-15/h5-8,11,13H,3-4,9-10,16H2,1-2H3. The fourth-order valence-corrected chi connectivity index (χ4v) is 2.42. The van der Waals surface area contributed by atoms with Crippen molar-refractivity contribution in [1.29, 1.82) is 0 Å². The molecule has 2 N–H and O–H groups in total. The number of fused-ring (bicyclic) bond motifs is 1. The van der Waals surface area contributed by atoms with Crippen LogP contribution in [0.4, 0.5) is 5.95 Å². The van der Waals surface area contributed by atoms with Crippen LogP contribution in [-0.2, 0) is 0 Å². The number of para-hydroxylation sites is 1. The van der Waals surface area contributed by atoms with E-state index in [1.807, 2.05) is 30.5 Å². The Morgan fingerprint density at radius 1 is 1.21 bits per heavy atom. The van der Waals surface area contributed by atoms with Crippen molar-refractivity contribution in [1.82, 2.24) is 9.97 Å². The first kappa shape index (κ1) is 13.7. The van der Waals surface area contributed by atoms with Crippen molar-refractivity contribution in [2.24, 2.45) is 5.73 Å². The highest BCUT2D eigenvalue weighted by Crippen LogP contribution is 2.19. The average molecular weight is 258 g/mol. The summed E-state index contributed by atoms with van der Waals surface area (Å²) in [6, 6.07) is 8.51. The lowest BCUT2D eigenvalue weighted by molar-refractivity contribution is 0.549. The van der Waals surface area contributed by atoms with Crippen LogP contribution >= 0.6 is 0 Å². The summed E-state index contributed by atoms with van der Waals surface area (Å²) in [7, 11) is 0. The number of hydrogen-bond donors (Lipinski definition) is 1. The summed E-state index contributed by atoms with van der Waals surface area (Å²) in [5, 5.41) is 1.07. The van der Waals surface area contributed by atoms with Gasteiger partial charge in [0.1, 0.15) is 0 Å². The van der Waals surface area contributed by atoms with Gasteiger partial charge in [-0.1, -0.05) is 32.0 Å². The molecule has 0 saturated heterocycles. The smallest absolute Gasteiger partial charge is 0.226 e. The van der Waals surface area contributed by atoms with Crippen molar-refractivity contribution >= 4 is 16.9 Å². The zero-order chi connectivity index (χ0) is 13.7. The van der Waals surface area contributed by atoms with E-state index in [1.54, 1.807) is 0 Å².